The first-order chi connectivity index (χ1) is 7.15. The molecule has 0 atom stereocenters. The highest BCUT2D eigenvalue weighted by Crippen LogP contribution is 2.22. The zero-order valence-corrected chi connectivity index (χ0v) is 9.93. The Labute approximate surface area is 94.2 Å². The van der Waals surface area contributed by atoms with Crippen molar-refractivity contribution in [1.29, 1.82) is 0 Å². The minimum atomic E-state index is 0.263. The molecule has 0 unspecified atom stereocenters. The Hall–Kier alpha value is -1.09. The Morgan fingerprint density at radius 1 is 1.40 bits per heavy atom. The molecular weight excluding hydrogens is 206 g/mol. The molecule has 2 nitrogen and oxygen atoms in total. The van der Waals surface area contributed by atoms with Crippen molar-refractivity contribution in [2.45, 2.75) is 26.3 Å². The minimum absolute atomic E-state index is 0.263. The third-order valence-corrected chi connectivity index (χ3v) is 3.62. The lowest BCUT2D eigenvalue weighted by molar-refractivity contribution is -0.114. The zero-order chi connectivity index (χ0) is 10.8. The summed E-state index contributed by atoms with van der Waals surface area (Å²) in [4.78, 5) is 16.0. The van der Waals surface area contributed by atoms with E-state index in [1.54, 1.807) is 6.08 Å². The smallest absolute Gasteiger partial charge is 0.157 e. The number of rotatable bonds is 3. The number of thiophene rings is 1. The monoisotopic (exact) mass is 221 g/mol. The molecule has 2 rings (SSSR count). The number of carbonyl (C=O) groups is 1. The van der Waals surface area contributed by atoms with E-state index in [1.165, 1.54) is 15.5 Å². The third-order valence-electron chi connectivity index (χ3n) is 2.63. The van der Waals surface area contributed by atoms with Gasteiger partial charge in [-0.3, -0.25) is 4.79 Å². The van der Waals surface area contributed by atoms with Crippen molar-refractivity contribution in [3.05, 3.63) is 33.7 Å². The van der Waals surface area contributed by atoms with Gasteiger partial charge in [0, 0.05) is 35.0 Å². The van der Waals surface area contributed by atoms with Crippen molar-refractivity contribution in [2.24, 2.45) is 0 Å². The summed E-state index contributed by atoms with van der Waals surface area (Å²) in [5, 5.41) is 0. The Kier molecular flexibility index (Phi) is 2.91. The predicted molar refractivity (Wildman–Crippen MR) is 62.8 cm³/mol. The molecule has 3 heteroatoms. The van der Waals surface area contributed by atoms with Crippen molar-refractivity contribution in [1.82, 2.24) is 4.90 Å². The van der Waals surface area contributed by atoms with Crippen molar-refractivity contribution in [2.75, 3.05) is 7.05 Å². The first-order valence-corrected chi connectivity index (χ1v) is 5.96. The molecule has 1 aromatic heterocycles. The van der Waals surface area contributed by atoms with Gasteiger partial charge in [-0.2, -0.15) is 0 Å². The van der Waals surface area contributed by atoms with E-state index in [0.717, 1.165) is 13.0 Å². The summed E-state index contributed by atoms with van der Waals surface area (Å²) in [5.41, 5.74) is 1.17. The number of allylic oxidation sites excluding steroid dienone is 2. The molecule has 1 aromatic rings. The molecule has 0 amide bonds. The van der Waals surface area contributed by atoms with Crippen molar-refractivity contribution in [3.63, 3.8) is 0 Å². The topological polar surface area (TPSA) is 20.3 Å². The summed E-state index contributed by atoms with van der Waals surface area (Å²) < 4.78 is 0. The molecule has 1 aliphatic rings. The Morgan fingerprint density at radius 3 is 2.73 bits per heavy atom. The third kappa shape index (κ3) is 2.48. The van der Waals surface area contributed by atoms with Crippen LogP contribution in [0.5, 0.6) is 0 Å². The normalized spacial score (nSPS) is 15.6. The summed E-state index contributed by atoms with van der Waals surface area (Å²) in [5.74, 6) is 0.263. The number of nitrogens with zero attached hydrogens (tertiary/aromatic N) is 1. The number of hydrogen-bond donors (Lipinski definition) is 0. The standard InChI is InChI=1S/C12H15NOS/c1-9-3-6-12(15-9)8-13(2)10-4-5-11(14)7-10/h3,6-7H,4-5,8H2,1-2H3. The quantitative estimate of drug-likeness (QED) is 0.782. The van der Waals surface area contributed by atoms with Gasteiger partial charge in [0.05, 0.1) is 6.54 Å². The Morgan fingerprint density at radius 2 is 2.20 bits per heavy atom. The Balaban J connectivity index is 2.01. The number of carbonyl (C=O) groups excluding carboxylic acids is 1. The van der Waals surface area contributed by atoms with Crippen LogP contribution in [0.3, 0.4) is 0 Å². The van der Waals surface area contributed by atoms with Gasteiger partial charge in [0.15, 0.2) is 5.78 Å². The SMILES string of the molecule is Cc1ccc(CN(C)C2=CC(=O)CC2)s1. The molecule has 15 heavy (non-hydrogen) atoms. The second-order valence-electron chi connectivity index (χ2n) is 3.97. The van der Waals surface area contributed by atoms with Gasteiger partial charge in [-0.05, 0) is 25.5 Å². The minimum Gasteiger partial charge on any atom is -0.373 e. The van der Waals surface area contributed by atoms with E-state index >= 15 is 0 Å². The average Bonchev–Trinajstić information content (AvgIpc) is 2.75. The molecule has 80 valence electrons. The summed E-state index contributed by atoms with van der Waals surface area (Å²) in [6.45, 7) is 3.03. The lowest BCUT2D eigenvalue weighted by atomic mass is 10.3. The number of aryl methyl sites for hydroxylation is 1. The molecule has 0 saturated heterocycles. The zero-order valence-electron chi connectivity index (χ0n) is 9.12. The maximum Gasteiger partial charge on any atom is 0.157 e. The average molecular weight is 221 g/mol. The van der Waals surface area contributed by atoms with Crippen LogP contribution in [0.1, 0.15) is 22.6 Å². The van der Waals surface area contributed by atoms with Gasteiger partial charge < -0.3 is 4.90 Å². The van der Waals surface area contributed by atoms with Gasteiger partial charge in [-0.25, -0.2) is 0 Å². The summed E-state index contributed by atoms with van der Waals surface area (Å²) in [6, 6.07) is 4.30. The Bertz CT molecular complexity index is 406. The van der Waals surface area contributed by atoms with Gasteiger partial charge >= 0.3 is 0 Å². The molecule has 0 aromatic carbocycles. The second kappa shape index (κ2) is 4.19. The van der Waals surface area contributed by atoms with E-state index in [0.29, 0.717) is 6.42 Å². The summed E-state index contributed by atoms with van der Waals surface area (Å²) in [6.07, 6.45) is 3.36. The number of hydrogen-bond acceptors (Lipinski definition) is 3. The highest BCUT2D eigenvalue weighted by molar-refractivity contribution is 7.11. The van der Waals surface area contributed by atoms with Crippen LogP contribution in [0.15, 0.2) is 23.9 Å². The summed E-state index contributed by atoms with van der Waals surface area (Å²) >= 11 is 1.82. The molecule has 0 saturated carbocycles. The fourth-order valence-electron chi connectivity index (χ4n) is 1.79. The molecular formula is C12H15NOS. The lowest BCUT2D eigenvalue weighted by Crippen LogP contribution is -2.15. The van der Waals surface area contributed by atoms with Crippen LogP contribution < -0.4 is 0 Å². The second-order valence-corrected chi connectivity index (χ2v) is 5.34. The molecule has 1 heterocycles. The predicted octanol–water partition coefficient (Wildman–Crippen LogP) is 2.74. The lowest BCUT2D eigenvalue weighted by Gasteiger charge is -2.19. The van der Waals surface area contributed by atoms with Gasteiger partial charge in [0.25, 0.3) is 0 Å². The van der Waals surface area contributed by atoms with Crippen LogP contribution in [-0.4, -0.2) is 17.7 Å². The van der Waals surface area contributed by atoms with Gasteiger partial charge in [-0.15, -0.1) is 11.3 Å². The van der Waals surface area contributed by atoms with Crippen molar-refractivity contribution in [3.8, 4) is 0 Å². The molecule has 0 spiro atoms. The van der Waals surface area contributed by atoms with E-state index in [9.17, 15) is 4.79 Å². The van der Waals surface area contributed by atoms with Crippen LogP contribution in [-0.2, 0) is 11.3 Å². The molecule has 0 bridgehead atoms. The first-order valence-electron chi connectivity index (χ1n) is 5.15. The molecule has 0 radical (unpaired) electrons. The maximum absolute atomic E-state index is 11.1. The van der Waals surface area contributed by atoms with E-state index in [-0.39, 0.29) is 5.78 Å². The van der Waals surface area contributed by atoms with Crippen LogP contribution in [0.4, 0.5) is 0 Å². The highest BCUT2D eigenvalue weighted by atomic mass is 32.1. The van der Waals surface area contributed by atoms with Gasteiger partial charge in [0.2, 0.25) is 0 Å². The fourth-order valence-corrected chi connectivity index (χ4v) is 2.73. The van der Waals surface area contributed by atoms with Crippen molar-refractivity contribution >= 4 is 17.1 Å². The van der Waals surface area contributed by atoms with Gasteiger partial charge in [-0.1, -0.05) is 0 Å². The van der Waals surface area contributed by atoms with Crippen LogP contribution in [0.25, 0.3) is 0 Å². The largest absolute Gasteiger partial charge is 0.373 e. The first kappa shape index (κ1) is 10.4. The van der Waals surface area contributed by atoms with E-state index in [1.807, 2.05) is 11.3 Å². The van der Waals surface area contributed by atoms with E-state index in [4.69, 9.17) is 0 Å². The van der Waals surface area contributed by atoms with Crippen LogP contribution >= 0.6 is 11.3 Å². The van der Waals surface area contributed by atoms with Crippen LogP contribution in [0.2, 0.25) is 0 Å². The van der Waals surface area contributed by atoms with E-state index < -0.39 is 0 Å². The van der Waals surface area contributed by atoms with Crippen LogP contribution in [0, 0.1) is 6.92 Å². The van der Waals surface area contributed by atoms with E-state index in [2.05, 4.69) is 31.0 Å². The molecule has 0 fully saturated rings. The summed E-state index contributed by atoms with van der Waals surface area (Å²) in [7, 11) is 2.06. The van der Waals surface area contributed by atoms with Crippen molar-refractivity contribution < 1.29 is 4.79 Å². The highest BCUT2D eigenvalue weighted by Gasteiger charge is 2.15. The fraction of sp³-hybridized carbons (Fsp3) is 0.417. The molecule has 0 aliphatic heterocycles. The maximum atomic E-state index is 11.1. The molecule has 0 N–H and O–H groups in total. The molecule has 1 aliphatic carbocycles. The van der Waals surface area contributed by atoms with Gasteiger partial charge in [0.1, 0.15) is 0 Å². The number of ketones is 1.